The second-order valence-corrected chi connectivity index (χ2v) is 9.24. The van der Waals surface area contributed by atoms with Crippen LogP contribution in [0.1, 0.15) is 11.1 Å². The van der Waals surface area contributed by atoms with E-state index in [4.69, 9.17) is 0 Å². The van der Waals surface area contributed by atoms with Crippen LogP contribution in [0.3, 0.4) is 0 Å². The summed E-state index contributed by atoms with van der Waals surface area (Å²) < 4.78 is 28.5. The topological polar surface area (TPSA) is 78.8 Å². The lowest BCUT2D eigenvalue weighted by Crippen LogP contribution is -2.40. The number of hydrazone groups is 1. The van der Waals surface area contributed by atoms with Gasteiger partial charge in [0.1, 0.15) is 6.54 Å². The summed E-state index contributed by atoms with van der Waals surface area (Å²) in [4.78, 5) is 12.6. The van der Waals surface area contributed by atoms with Gasteiger partial charge >= 0.3 is 0 Å². The van der Waals surface area contributed by atoms with Crippen molar-refractivity contribution in [1.29, 1.82) is 0 Å². The third-order valence-corrected chi connectivity index (χ3v) is 6.52. The summed E-state index contributed by atoms with van der Waals surface area (Å²) in [5.74, 6) is -0.552. The fourth-order valence-corrected chi connectivity index (χ4v) is 4.72. The average molecular weight is 486 g/mol. The molecule has 3 aromatic rings. The minimum Gasteiger partial charge on any atom is -0.271 e. The van der Waals surface area contributed by atoms with Crippen molar-refractivity contribution in [3.05, 3.63) is 94.5 Å². The van der Waals surface area contributed by atoms with Gasteiger partial charge in [0.2, 0.25) is 0 Å². The summed E-state index contributed by atoms with van der Waals surface area (Å²) in [5.41, 5.74) is 4.37. The molecule has 0 aliphatic rings. The number of rotatable bonds is 7. The molecule has 3 rings (SSSR count). The lowest BCUT2D eigenvalue weighted by atomic mass is 10.2. The molecule has 1 amide bonds. The van der Waals surface area contributed by atoms with Gasteiger partial charge in [-0.25, -0.2) is 13.8 Å². The van der Waals surface area contributed by atoms with Crippen molar-refractivity contribution >= 4 is 43.8 Å². The molecule has 0 aliphatic carbocycles. The lowest BCUT2D eigenvalue weighted by molar-refractivity contribution is -0.119. The van der Waals surface area contributed by atoms with Crippen LogP contribution in [0.15, 0.2) is 93.3 Å². The molecule has 0 saturated heterocycles. The summed E-state index contributed by atoms with van der Waals surface area (Å²) in [7, 11) is -3.94. The molecule has 0 heterocycles. The van der Waals surface area contributed by atoms with Crippen LogP contribution >= 0.6 is 15.9 Å². The summed E-state index contributed by atoms with van der Waals surface area (Å²) in [6.07, 6.45) is 1.49. The van der Waals surface area contributed by atoms with Crippen molar-refractivity contribution < 1.29 is 13.2 Å². The minimum absolute atomic E-state index is 0.110. The molecule has 6 nitrogen and oxygen atoms in total. The summed E-state index contributed by atoms with van der Waals surface area (Å²) in [6, 6.07) is 22.5. The molecule has 0 aliphatic heterocycles. The molecule has 0 aromatic heterocycles. The number of halogens is 1. The molecule has 0 unspecified atom stereocenters. The summed E-state index contributed by atoms with van der Waals surface area (Å²) in [5, 5.41) is 3.94. The number of aryl methyl sites for hydroxylation is 1. The molecular formula is C22H20BrN3O3S. The SMILES string of the molecule is Cc1ccccc1N(CC(=O)N/N=C/c1cccc(Br)c1)S(=O)(=O)c1ccccc1. The number of nitrogens with zero attached hydrogens (tertiary/aromatic N) is 2. The van der Waals surface area contributed by atoms with E-state index in [0.717, 1.165) is 19.9 Å². The molecule has 0 saturated carbocycles. The van der Waals surface area contributed by atoms with Gasteiger partial charge in [-0.2, -0.15) is 5.10 Å². The van der Waals surface area contributed by atoms with Crippen molar-refractivity contribution in [3.63, 3.8) is 0 Å². The van der Waals surface area contributed by atoms with E-state index in [2.05, 4.69) is 26.5 Å². The van der Waals surface area contributed by atoms with Crippen LogP contribution < -0.4 is 9.73 Å². The third kappa shape index (κ3) is 5.34. The molecule has 3 aromatic carbocycles. The molecule has 8 heteroatoms. The summed E-state index contributed by atoms with van der Waals surface area (Å²) >= 11 is 3.37. The van der Waals surface area contributed by atoms with Gasteiger partial charge in [-0.1, -0.05) is 64.5 Å². The highest BCUT2D eigenvalue weighted by molar-refractivity contribution is 9.10. The quantitative estimate of drug-likeness (QED) is 0.404. The first kappa shape index (κ1) is 21.7. The smallest absolute Gasteiger partial charge is 0.264 e. The van der Waals surface area contributed by atoms with Crippen LogP contribution in [-0.2, 0) is 14.8 Å². The summed E-state index contributed by atoms with van der Waals surface area (Å²) in [6.45, 7) is 1.39. The molecule has 0 radical (unpaired) electrons. The van der Waals surface area contributed by atoms with Crippen molar-refractivity contribution in [2.24, 2.45) is 5.10 Å². The molecule has 0 spiro atoms. The van der Waals surface area contributed by atoms with E-state index in [1.165, 1.54) is 18.3 Å². The fourth-order valence-electron chi connectivity index (χ4n) is 2.79. The van der Waals surface area contributed by atoms with Crippen LogP contribution in [0.5, 0.6) is 0 Å². The number of amides is 1. The van der Waals surface area contributed by atoms with Crippen molar-refractivity contribution in [3.8, 4) is 0 Å². The van der Waals surface area contributed by atoms with Gasteiger partial charge in [0, 0.05) is 4.47 Å². The Morgan fingerprint density at radius 1 is 1.03 bits per heavy atom. The highest BCUT2D eigenvalue weighted by Gasteiger charge is 2.27. The number of hydrogen-bond donors (Lipinski definition) is 1. The number of carbonyl (C=O) groups is 1. The third-order valence-electron chi connectivity index (χ3n) is 4.25. The van der Waals surface area contributed by atoms with Crippen molar-refractivity contribution in [1.82, 2.24) is 5.43 Å². The fraction of sp³-hybridized carbons (Fsp3) is 0.0909. The minimum atomic E-state index is -3.94. The monoisotopic (exact) mass is 485 g/mol. The Hall–Kier alpha value is -2.97. The zero-order valence-corrected chi connectivity index (χ0v) is 18.6. The molecule has 30 heavy (non-hydrogen) atoms. The Morgan fingerprint density at radius 2 is 1.73 bits per heavy atom. The first-order valence-electron chi connectivity index (χ1n) is 9.09. The van der Waals surface area contributed by atoms with Gasteiger partial charge in [0.15, 0.2) is 0 Å². The molecule has 0 bridgehead atoms. The number of para-hydroxylation sites is 1. The average Bonchev–Trinajstić information content (AvgIpc) is 2.73. The van der Waals surface area contributed by atoms with E-state index in [1.54, 1.807) is 43.3 Å². The number of anilines is 1. The highest BCUT2D eigenvalue weighted by Crippen LogP contribution is 2.26. The maximum atomic E-state index is 13.3. The van der Waals surface area contributed by atoms with Gasteiger partial charge in [-0.15, -0.1) is 0 Å². The highest BCUT2D eigenvalue weighted by atomic mass is 79.9. The Labute approximate surface area is 184 Å². The maximum absolute atomic E-state index is 13.3. The van der Waals surface area contributed by atoms with Gasteiger partial charge < -0.3 is 0 Å². The Balaban J connectivity index is 1.84. The zero-order valence-electron chi connectivity index (χ0n) is 16.2. The van der Waals surface area contributed by atoms with Gasteiger partial charge in [-0.05, 0) is 48.4 Å². The van der Waals surface area contributed by atoms with E-state index in [0.29, 0.717) is 5.69 Å². The van der Waals surface area contributed by atoms with E-state index >= 15 is 0 Å². The van der Waals surface area contributed by atoms with Crippen molar-refractivity contribution in [2.45, 2.75) is 11.8 Å². The Bertz CT molecular complexity index is 1170. The molecule has 154 valence electrons. The molecule has 0 atom stereocenters. The first-order valence-corrected chi connectivity index (χ1v) is 11.3. The van der Waals surface area contributed by atoms with Gasteiger partial charge in [-0.3, -0.25) is 9.10 Å². The Kier molecular flexibility index (Phi) is 7.02. The number of hydrogen-bond acceptors (Lipinski definition) is 4. The predicted molar refractivity (Wildman–Crippen MR) is 122 cm³/mol. The second kappa shape index (κ2) is 9.69. The largest absolute Gasteiger partial charge is 0.271 e. The number of sulfonamides is 1. The van der Waals surface area contributed by atoms with E-state index in [-0.39, 0.29) is 4.90 Å². The van der Waals surface area contributed by atoms with Crippen LogP contribution in [-0.4, -0.2) is 27.1 Å². The van der Waals surface area contributed by atoms with E-state index < -0.39 is 22.5 Å². The number of carbonyl (C=O) groups excluding carboxylic acids is 1. The standard InChI is InChI=1S/C22H20BrN3O3S/c1-17-8-5-6-13-21(17)26(30(28,29)20-11-3-2-4-12-20)16-22(27)25-24-15-18-9-7-10-19(23)14-18/h2-15H,16H2,1H3,(H,25,27)/b24-15+. The number of benzene rings is 3. The van der Waals surface area contributed by atoms with Gasteiger partial charge in [0.25, 0.3) is 15.9 Å². The molecule has 1 N–H and O–H groups in total. The molecule has 0 fully saturated rings. The van der Waals surface area contributed by atoms with E-state index in [1.807, 2.05) is 30.3 Å². The molecular weight excluding hydrogens is 466 g/mol. The number of nitrogens with one attached hydrogen (secondary N) is 1. The zero-order chi connectivity index (χ0) is 21.6. The van der Waals surface area contributed by atoms with E-state index in [9.17, 15) is 13.2 Å². The maximum Gasteiger partial charge on any atom is 0.264 e. The van der Waals surface area contributed by atoms with Crippen LogP contribution in [0.25, 0.3) is 0 Å². The van der Waals surface area contributed by atoms with Crippen LogP contribution in [0.2, 0.25) is 0 Å². The van der Waals surface area contributed by atoms with Gasteiger partial charge in [0.05, 0.1) is 16.8 Å². The van der Waals surface area contributed by atoms with Crippen LogP contribution in [0, 0.1) is 6.92 Å². The first-order chi connectivity index (χ1) is 14.4. The normalized spacial score (nSPS) is 11.4. The predicted octanol–water partition coefficient (Wildman–Crippen LogP) is 4.10. The van der Waals surface area contributed by atoms with Crippen LogP contribution in [0.4, 0.5) is 5.69 Å². The van der Waals surface area contributed by atoms with Crippen molar-refractivity contribution in [2.75, 3.05) is 10.8 Å². The lowest BCUT2D eigenvalue weighted by Gasteiger charge is -2.25. The Morgan fingerprint density at radius 3 is 2.43 bits per heavy atom. The second-order valence-electron chi connectivity index (χ2n) is 6.46.